The van der Waals surface area contributed by atoms with Gasteiger partial charge in [-0.15, -0.1) is 0 Å². The van der Waals surface area contributed by atoms with E-state index in [-0.39, 0.29) is 24.3 Å². The van der Waals surface area contributed by atoms with Crippen LogP contribution in [0.4, 0.5) is 5.69 Å². The average Bonchev–Trinajstić information content (AvgIpc) is 2.68. The first kappa shape index (κ1) is 19.7. The van der Waals surface area contributed by atoms with Gasteiger partial charge in [0.05, 0.1) is 10.9 Å². The van der Waals surface area contributed by atoms with Gasteiger partial charge in [-0.1, -0.05) is 45.7 Å². The third-order valence-electron chi connectivity index (χ3n) is 4.43. The number of hydrogen-bond donors (Lipinski definition) is 1. The molecule has 0 spiro atoms. The molecule has 1 heterocycles. The summed E-state index contributed by atoms with van der Waals surface area (Å²) in [7, 11) is 0. The molecule has 27 heavy (non-hydrogen) atoms. The molecule has 1 aliphatic rings. The third-order valence-corrected chi connectivity index (χ3v) is 5.22. The van der Waals surface area contributed by atoms with Crippen LogP contribution >= 0.6 is 27.5 Å². The summed E-state index contributed by atoms with van der Waals surface area (Å²) in [5.74, 6) is 0.0320. The minimum absolute atomic E-state index is 0.0597. The molecule has 0 saturated carbocycles. The molecule has 5 nitrogen and oxygen atoms in total. The van der Waals surface area contributed by atoms with Crippen LogP contribution in [0.2, 0.25) is 5.02 Å². The zero-order valence-corrected chi connectivity index (χ0v) is 17.0. The first-order valence-electron chi connectivity index (χ1n) is 8.74. The van der Waals surface area contributed by atoms with Gasteiger partial charge in [0.2, 0.25) is 5.91 Å². The van der Waals surface area contributed by atoms with Crippen molar-refractivity contribution < 1.29 is 14.3 Å². The Morgan fingerprint density at radius 2 is 2.00 bits per heavy atom. The van der Waals surface area contributed by atoms with Crippen LogP contribution < -0.4 is 10.1 Å². The zero-order valence-electron chi connectivity index (χ0n) is 14.7. The van der Waals surface area contributed by atoms with Gasteiger partial charge in [0.25, 0.3) is 5.91 Å². The Bertz CT molecular complexity index is 816. The smallest absolute Gasteiger partial charge is 0.260 e. The summed E-state index contributed by atoms with van der Waals surface area (Å²) >= 11 is 9.44. The second-order valence-corrected chi connectivity index (χ2v) is 7.72. The van der Waals surface area contributed by atoms with Crippen molar-refractivity contribution in [2.75, 3.05) is 25.0 Å². The highest BCUT2D eigenvalue weighted by atomic mass is 79.9. The molecule has 1 aliphatic heterocycles. The quantitative estimate of drug-likeness (QED) is 0.735. The minimum Gasteiger partial charge on any atom is -0.482 e. The first-order valence-corrected chi connectivity index (χ1v) is 9.91. The van der Waals surface area contributed by atoms with Crippen LogP contribution in [0, 0.1) is 5.92 Å². The van der Waals surface area contributed by atoms with E-state index in [9.17, 15) is 9.59 Å². The van der Waals surface area contributed by atoms with Crippen molar-refractivity contribution in [2.45, 2.75) is 12.8 Å². The number of carbonyl (C=O) groups is 2. The summed E-state index contributed by atoms with van der Waals surface area (Å²) in [4.78, 5) is 26.7. The number of halogens is 2. The maximum absolute atomic E-state index is 12.5. The Balaban J connectivity index is 1.53. The van der Waals surface area contributed by atoms with Gasteiger partial charge < -0.3 is 15.0 Å². The van der Waals surface area contributed by atoms with E-state index in [4.69, 9.17) is 16.3 Å². The van der Waals surface area contributed by atoms with Gasteiger partial charge in [-0.05, 0) is 43.2 Å². The van der Waals surface area contributed by atoms with Crippen LogP contribution in [0.25, 0.3) is 0 Å². The summed E-state index contributed by atoms with van der Waals surface area (Å²) in [6, 6.07) is 14.6. The van der Waals surface area contributed by atoms with Crippen molar-refractivity contribution in [1.82, 2.24) is 4.90 Å². The van der Waals surface area contributed by atoms with Crippen LogP contribution in [0.15, 0.2) is 53.0 Å². The van der Waals surface area contributed by atoms with Crippen molar-refractivity contribution in [3.63, 3.8) is 0 Å². The molecule has 2 aromatic carbocycles. The molecule has 7 heteroatoms. The number of carbonyl (C=O) groups excluding carboxylic acids is 2. The van der Waals surface area contributed by atoms with Gasteiger partial charge in [0.15, 0.2) is 6.61 Å². The van der Waals surface area contributed by atoms with Crippen molar-refractivity contribution in [2.24, 2.45) is 5.92 Å². The predicted molar refractivity (Wildman–Crippen MR) is 109 cm³/mol. The van der Waals surface area contributed by atoms with Gasteiger partial charge in [0.1, 0.15) is 5.75 Å². The highest BCUT2D eigenvalue weighted by molar-refractivity contribution is 9.10. The molecular formula is C20H20BrClN2O3. The van der Waals surface area contributed by atoms with Crippen LogP contribution in [0.5, 0.6) is 5.75 Å². The molecule has 3 rings (SSSR count). The van der Waals surface area contributed by atoms with E-state index in [1.54, 1.807) is 23.1 Å². The summed E-state index contributed by atoms with van der Waals surface area (Å²) < 4.78 is 6.40. The van der Waals surface area contributed by atoms with E-state index in [2.05, 4.69) is 21.2 Å². The lowest BCUT2D eigenvalue weighted by molar-refractivity contribution is -0.136. The van der Waals surface area contributed by atoms with Crippen molar-refractivity contribution in [3.8, 4) is 5.75 Å². The molecule has 2 amide bonds. The number of rotatable bonds is 5. The summed E-state index contributed by atoms with van der Waals surface area (Å²) in [6.07, 6.45) is 1.56. The Hall–Kier alpha value is -2.05. The summed E-state index contributed by atoms with van der Waals surface area (Å²) in [5, 5.41) is 3.35. The summed E-state index contributed by atoms with van der Waals surface area (Å²) in [5.41, 5.74) is 0.763. The Labute approximate surface area is 171 Å². The molecule has 1 atom stereocenters. The highest BCUT2D eigenvalue weighted by Gasteiger charge is 2.28. The molecule has 1 unspecified atom stereocenters. The molecule has 0 radical (unpaired) electrons. The summed E-state index contributed by atoms with van der Waals surface area (Å²) in [6.45, 7) is 0.925. The Morgan fingerprint density at radius 1 is 1.22 bits per heavy atom. The number of piperidine rings is 1. The van der Waals surface area contributed by atoms with E-state index in [1.165, 1.54) is 0 Å². The standard InChI is InChI=1S/C20H20BrClN2O3/c21-15-8-9-18(17(22)11-15)27-13-19(25)24-10-4-5-14(12-24)20(26)23-16-6-2-1-3-7-16/h1-3,6-9,11,14H,4-5,10,12-13H2,(H,23,26). The minimum atomic E-state index is -0.223. The maximum atomic E-state index is 12.5. The molecule has 0 bridgehead atoms. The third kappa shape index (κ3) is 5.47. The second kappa shape index (κ2) is 9.24. The first-order chi connectivity index (χ1) is 13.0. The van der Waals surface area contributed by atoms with Crippen molar-refractivity contribution >= 4 is 45.0 Å². The number of benzene rings is 2. The molecular weight excluding hydrogens is 432 g/mol. The van der Waals surface area contributed by atoms with Crippen LogP contribution in [0.1, 0.15) is 12.8 Å². The fourth-order valence-electron chi connectivity index (χ4n) is 3.01. The fraction of sp³-hybridized carbons (Fsp3) is 0.300. The second-order valence-electron chi connectivity index (χ2n) is 6.40. The molecule has 0 aromatic heterocycles. The number of ether oxygens (including phenoxy) is 1. The number of anilines is 1. The normalized spacial score (nSPS) is 16.7. The SMILES string of the molecule is O=C(Nc1ccccc1)C1CCCN(C(=O)COc2ccc(Br)cc2Cl)C1. The van der Waals surface area contributed by atoms with Crippen LogP contribution in [-0.4, -0.2) is 36.4 Å². The number of likely N-dealkylation sites (tertiary alicyclic amines) is 1. The lowest BCUT2D eigenvalue weighted by atomic mass is 9.97. The number of amides is 2. The predicted octanol–water partition coefficient (Wildman–Crippen LogP) is 4.36. The lowest BCUT2D eigenvalue weighted by Crippen LogP contribution is -2.45. The Kier molecular flexibility index (Phi) is 6.74. The molecule has 1 N–H and O–H groups in total. The largest absolute Gasteiger partial charge is 0.482 e. The molecule has 2 aromatic rings. The van der Waals surface area contributed by atoms with Gasteiger partial charge in [-0.25, -0.2) is 0 Å². The molecule has 142 valence electrons. The number of hydrogen-bond acceptors (Lipinski definition) is 3. The van der Waals surface area contributed by atoms with E-state index < -0.39 is 0 Å². The van der Waals surface area contributed by atoms with E-state index in [0.717, 1.165) is 23.0 Å². The van der Waals surface area contributed by atoms with Gasteiger partial charge in [0, 0.05) is 23.2 Å². The maximum Gasteiger partial charge on any atom is 0.260 e. The fourth-order valence-corrected chi connectivity index (χ4v) is 3.73. The van der Waals surface area contributed by atoms with Gasteiger partial charge >= 0.3 is 0 Å². The van der Waals surface area contributed by atoms with Gasteiger partial charge in [-0.2, -0.15) is 0 Å². The van der Waals surface area contributed by atoms with Crippen LogP contribution in [-0.2, 0) is 9.59 Å². The topological polar surface area (TPSA) is 58.6 Å². The Morgan fingerprint density at radius 3 is 2.74 bits per heavy atom. The average molecular weight is 452 g/mol. The van der Waals surface area contributed by atoms with E-state index >= 15 is 0 Å². The number of nitrogens with one attached hydrogen (secondary N) is 1. The van der Waals surface area contributed by atoms with Crippen molar-refractivity contribution in [3.05, 3.63) is 58.0 Å². The molecule has 0 aliphatic carbocycles. The zero-order chi connectivity index (χ0) is 19.2. The van der Waals surface area contributed by atoms with Crippen LogP contribution in [0.3, 0.4) is 0 Å². The lowest BCUT2D eigenvalue weighted by Gasteiger charge is -2.32. The molecule has 1 fully saturated rings. The highest BCUT2D eigenvalue weighted by Crippen LogP contribution is 2.28. The van der Waals surface area contributed by atoms with E-state index in [1.807, 2.05) is 30.3 Å². The molecule has 1 saturated heterocycles. The van der Waals surface area contributed by atoms with E-state index in [0.29, 0.717) is 23.9 Å². The van der Waals surface area contributed by atoms with Gasteiger partial charge in [-0.3, -0.25) is 9.59 Å². The number of nitrogens with zero attached hydrogens (tertiary/aromatic N) is 1. The van der Waals surface area contributed by atoms with Crippen molar-refractivity contribution in [1.29, 1.82) is 0 Å². The number of para-hydroxylation sites is 1. The monoisotopic (exact) mass is 450 g/mol.